The average molecular weight is 387 g/mol. The first kappa shape index (κ1) is 18.9. The molecule has 24 heavy (non-hydrogen) atoms. The molecule has 2 aromatic carbocycles. The Morgan fingerprint density at radius 2 is 1.71 bits per heavy atom. The molecule has 1 N–H and O–H groups in total. The summed E-state index contributed by atoms with van der Waals surface area (Å²) >= 11 is 17.8. The van der Waals surface area contributed by atoms with Crippen LogP contribution in [0.1, 0.15) is 31.7 Å². The van der Waals surface area contributed by atoms with E-state index in [0.717, 1.165) is 6.42 Å². The van der Waals surface area contributed by atoms with Crippen molar-refractivity contribution in [3.63, 3.8) is 0 Å². The summed E-state index contributed by atoms with van der Waals surface area (Å²) in [6.45, 7) is 4.19. The van der Waals surface area contributed by atoms with Crippen LogP contribution < -0.4 is 10.1 Å². The lowest BCUT2D eigenvalue weighted by Gasteiger charge is -2.12. The van der Waals surface area contributed by atoms with Gasteiger partial charge in [-0.05, 0) is 42.2 Å². The molecule has 0 saturated carbocycles. The molecule has 0 fully saturated rings. The number of nitrogens with one attached hydrogen (secondary N) is 1. The second-order valence-electron chi connectivity index (χ2n) is 5.46. The van der Waals surface area contributed by atoms with Crippen LogP contribution in [0.4, 0.5) is 5.69 Å². The molecular formula is C18H18Cl3NO2. The maximum absolute atomic E-state index is 12.0. The summed E-state index contributed by atoms with van der Waals surface area (Å²) in [7, 11) is 0. The van der Waals surface area contributed by atoms with Gasteiger partial charge in [0.25, 0.3) is 5.91 Å². The number of carbonyl (C=O) groups excluding carboxylic acids is 1. The molecule has 0 aliphatic carbocycles. The van der Waals surface area contributed by atoms with Crippen LogP contribution in [0.3, 0.4) is 0 Å². The maximum Gasteiger partial charge on any atom is 0.262 e. The molecule has 2 rings (SSSR count). The Morgan fingerprint density at radius 1 is 1.08 bits per heavy atom. The number of rotatable bonds is 6. The summed E-state index contributed by atoms with van der Waals surface area (Å²) < 4.78 is 5.49. The van der Waals surface area contributed by atoms with Gasteiger partial charge in [-0.1, -0.05) is 60.8 Å². The predicted molar refractivity (Wildman–Crippen MR) is 101 cm³/mol. The molecule has 6 heteroatoms. The quantitative estimate of drug-likeness (QED) is 0.602. The summed E-state index contributed by atoms with van der Waals surface area (Å²) in [4.78, 5) is 12.0. The van der Waals surface area contributed by atoms with Gasteiger partial charge in [0.15, 0.2) is 6.61 Å². The van der Waals surface area contributed by atoms with Gasteiger partial charge in [-0.25, -0.2) is 0 Å². The minimum atomic E-state index is -0.332. The number of halogens is 3. The van der Waals surface area contributed by atoms with E-state index >= 15 is 0 Å². The van der Waals surface area contributed by atoms with Gasteiger partial charge in [0, 0.05) is 0 Å². The lowest BCUT2D eigenvalue weighted by atomic mass is 9.99. The van der Waals surface area contributed by atoms with Gasteiger partial charge in [0.2, 0.25) is 0 Å². The Hall–Kier alpha value is -1.42. The van der Waals surface area contributed by atoms with Crippen LogP contribution in [0.15, 0.2) is 36.4 Å². The number of carbonyl (C=O) groups is 1. The smallest absolute Gasteiger partial charge is 0.262 e. The second kappa shape index (κ2) is 8.61. The van der Waals surface area contributed by atoms with Crippen molar-refractivity contribution in [2.75, 3.05) is 11.9 Å². The van der Waals surface area contributed by atoms with Crippen LogP contribution in [-0.4, -0.2) is 12.5 Å². The Balaban J connectivity index is 1.93. The first-order valence-electron chi connectivity index (χ1n) is 7.57. The summed E-state index contributed by atoms with van der Waals surface area (Å²) in [6, 6.07) is 10.7. The van der Waals surface area contributed by atoms with Gasteiger partial charge in [-0.3, -0.25) is 4.79 Å². The molecule has 0 radical (unpaired) electrons. The number of amides is 1. The van der Waals surface area contributed by atoms with Gasteiger partial charge in [-0.15, -0.1) is 0 Å². The molecule has 0 aromatic heterocycles. The van der Waals surface area contributed by atoms with E-state index in [0.29, 0.717) is 32.4 Å². The zero-order valence-corrected chi connectivity index (χ0v) is 15.7. The van der Waals surface area contributed by atoms with E-state index in [-0.39, 0.29) is 12.5 Å². The molecule has 1 atom stereocenters. The highest BCUT2D eigenvalue weighted by molar-refractivity contribution is 6.44. The zero-order valence-electron chi connectivity index (χ0n) is 13.4. The standard InChI is InChI=1S/C18H18Cl3NO2/c1-3-11(2)12-4-6-13(7-5-12)24-10-18(23)22-17-9-15(20)14(19)8-16(17)21/h4-9,11H,3,10H2,1-2H3,(H,22,23). The average Bonchev–Trinajstić information content (AvgIpc) is 2.57. The van der Waals surface area contributed by atoms with Crippen LogP contribution in [0.25, 0.3) is 0 Å². The summed E-state index contributed by atoms with van der Waals surface area (Å²) in [5.74, 6) is 0.804. The number of ether oxygens (including phenoxy) is 1. The van der Waals surface area contributed by atoms with Crippen molar-refractivity contribution in [3.05, 3.63) is 57.0 Å². The van der Waals surface area contributed by atoms with E-state index in [1.54, 1.807) is 0 Å². The van der Waals surface area contributed by atoms with E-state index in [1.165, 1.54) is 17.7 Å². The number of hydrogen-bond acceptors (Lipinski definition) is 2. The topological polar surface area (TPSA) is 38.3 Å². The Bertz CT molecular complexity index is 717. The third-order valence-electron chi connectivity index (χ3n) is 3.72. The molecule has 3 nitrogen and oxygen atoms in total. The van der Waals surface area contributed by atoms with E-state index in [2.05, 4.69) is 19.2 Å². The van der Waals surface area contributed by atoms with Crippen molar-refractivity contribution in [1.29, 1.82) is 0 Å². The van der Waals surface area contributed by atoms with Crippen molar-refractivity contribution < 1.29 is 9.53 Å². The highest BCUT2D eigenvalue weighted by Crippen LogP contribution is 2.32. The first-order chi connectivity index (χ1) is 11.4. The van der Waals surface area contributed by atoms with Crippen LogP contribution >= 0.6 is 34.8 Å². The molecule has 0 saturated heterocycles. The summed E-state index contributed by atoms with van der Waals surface area (Å²) in [6.07, 6.45) is 1.08. The number of hydrogen-bond donors (Lipinski definition) is 1. The summed E-state index contributed by atoms with van der Waals surface area (Å²) in [5, 5.41) is 3.61. The van der Waals surface area contributed by atoms with Crippen LogP contribution in [-0.2, 0) is 4.79 Å². The van der Waals surface area contributed by atoms with Gasteiger partial charge >= 0.3 is 0 Å². The molecule has 2 aromatic rings. The van der Waals surface area contributed by atoms with Crippen molar-refractivity contribution in [2.24, 2.45) is 0 Å². The van der Waals surface area contributed by atoms with Gasteiger partial charge in [-0.2, -0.15) is 0 Å². The monoisotopic (exact) mass is 385 g/mol. The lowest BCUT2D eigenvalue weighted by Crippen LogP contribution is -2.20. The van der Waals surface area contributed by atoms with Crippen molar-refractivity contribution >= 4 is 46.4 Å². The van der Waals surface area contributed by atoms with E-state index in [1.807, 2.05) is 24.3 Å². The minimum absolute atomic E-state index is 0.126. The number of benzene rings is 2. The molecule has 1 amide bonds. The van der Waals surface area contributed by atoms with E-state index in [9.17, 15) is 4.79 Å². The fraction of sp³-hybridized carbons (Fsp3) is 0.278. The van der Waals surface area contributed by atoms with Crippen molar-refractivity contribution in [3.8, 4) is 5.75 Å². The molecule has 0 aliphatic heterocycles. The Kier molecular flexibility index (Phi) is 6.79. The number of anilines is 1. The first-order valence-corrected chi connectivity index (χ1v) is 8.71. The van der Waals surface area contributed by atoms with Gasteiger partial charge < -0.3 is 10.1 Å². The Labute approximate surface area is 156 Å². The molecule has 0 heterocycles. The van der Waals surface area contributed by atoms with Crippen LogP contribution in [0.5, 0.6) is 5.75 Å². The van der Waals surface area contributed by atoms with Crippen molar-refractivity contribution in [2.45, 2.75) is 26.2 Å². The van der Waals surface area contributed by atoms with Crippen LogP contribution in [0.2, 0.25) is 15.1 Å². The van der Waals surface area contributed by atoms with Crippen LogP contribution in [0, 0.1) is 0 Å². The van der Waals surface area contributed by atoms with Crippen molar-refractivity contribution in [1.82, 2.24) is 0 Å². The highest BCUT2D eigenvalue weighted by Gasteiger charge is 2.10. The predicted octanol–water partition coefficient (Wildman–Crippen LogP) is 6.18. The molecule has 0 spiro atoms. The maximum atomic E-state index is 12.0. The molecule has 0 bridgehead atoms. The minimum Gasteiger partial charge on any atom is -0.484 e. The Morgan fingerprint density at radius 3 is 2.33 bits per heavy atom. The van der Waals surface area contributed by atoms with E-state index < -0.39 is 0 Å². The third-order valence-corrected chi connectivity index (χ3v) is 4.75. The summed E-state index contributed by atoms with van der Waals surface area (Å²) in [5.41, 5.74) is 1.64. The van der Waals surface area contributed by atoms with E-state index in [4.69, 9.17) is 39.5 Å². The molecule has 1 unspecified atom stereocenters. The molecular weight excluding hydrogens is 369 g/mol. The molecule has 0 aliphatic rings. The normalized spacial score (nSPS) is 11.9. The van der Waals surface area contributed by atoms with Gasteiger partial charge in [0.1, 0.15) is 5.75 Å². The largest absolute Gasteiger partial charge is 0.484 e. The third kappa shape index (κ3) is 5.04. The molecule has 128 valence electrons. The highest BCUT2D eigenvalue weighted by atomic mass is 35.5. The fourth-order valence-corrected chi connectivity index (χ4v) is 2.68. The second-order valence-corrected chi connectivity index (χ2v) is 6.68. The zero-order chi connectivity index (χ0) is 17.7. The lowest BCUT2D eigenvalue weighted by molar-refractivity contribution is -0.118. The SMILES string of the molecule is CCC(C)c1ccc(OCC(=O)Nc2cc(Cl)c(Cl)cc2Cl)cc1. The fourth-order valence-electron chi connectivity index (χ4n) is 2.08. The van der Waals surface area contributed by atoms with Gasteiger partial charge in [0.05, 0.1) is 20.8 Å².